The molecule has 1 fully saturated rings. The maximum absolute atomic E-state index is 11.3. The van der Waals surface area contributed by atoms with Crippen LogP contribution in [0.2, 0.25) is 10.0 Å². The molecule has 1 aliphatic rings. The number of anilines is 2. The minimum Gasteiger partial charge on any atom is -0.465 e. The highest BCUT2D eigenvalue weighted by atomic mass is 35.5. The summed E-state index contributed by atoms with van der Waals surface area (Å²) in [6.07, 6.45) is 2.59. The summed E-state index contributed by atoms with van der Waals surface area (Å²) >= 11 is 11.7. The molecule has 1 aliphatic carbocycles. The third-order valence-corrected chi connectivity index (χ3v) is 4.73. The van der Waals surface area contributed by atoms with Gasteiger partial charge in [0.2, 0.25) is 0 Å². The Morgan fingerprint density at radius 3 is 2.00 bits per heavy atom. The maximum atomic E-state index is 11.3. The fraction of sp³-hybridized carbons (Fsp3) is 0.300. The number of nitrogens with one attached hydrogen (secondary N) is 1. The lowest BCUT2D eigenvalue weighted by molar-refractivity contribution is 0.0592. The summed E-state index contributed by atoms with van der Waals surface area (Å²) in [5, 5.41) is 4.19. The number of nitrogens with two attached hydrogens (primary N) is 1. The summed E-state index contributed by atoms with van der Waals surface area (Å²) in [5.41, 5.74) is 7.65. The van der Waals surface area contributed by atoms with E-state index in [9.17, 15) is 9.59 Å². The van der Waals surface area contributed by atoms with Crippen LogP contribution in [0.25, 0.3) is 0 Å². The Hall–Kier alpha value is -2.44. The minimum absolute atomic E-state index is 0.359. The molecule has 0 aromatic heterocycles. The molecule has 0 aliphatic heterocycles. The molecule has 0 saturated heterocycles. The highest BCUT2D eigenvalue weighted by molar-refractivity contribution is 6.33. The summed E-state index contributed by atoms with van der Waals surface area (Å²) in [4.78, 5) is 22.2. The first-order valence-corrected chi connectivity index (χ1v) is 9.36. The number of benzene rings is 2. The third kappa shape index (κ3) is 6.32. The minimum atomic E-state index is -0.420. The second-order valence-corrected chi connectivity index (χ2v) is 7.05. The van der Waals surface area contributed by atoms with Crippen molar-refractivity contribution in [2.24, 2.45) is 5.92 Å². The van der Waals surface area contributed by atoms with Crippen LogP contribution in [0.5, 0.6) is 0 Å². The van der Waals surface area contributed by atoms with Gasteiger partial charge in [0.25, 0.3) is 0 Å². The third-order valence-electron chi connectivity index (χ3n) is 4.09. The van der Waals surface area contributed by atoms with Crippen molar-refractivity contribution in [3.63, 3.8) is 0 Å². The Morgan fingerprint density at radius 1 is 1.00 bits per heavy atom. The standard InChI is InChI=1S/C12H14ClNO2.C8H8ClNO2/c1-16-12(15)9-4-5-11(10(13)6-9)14-7-8-2-3-8;1-12-8(11)5-2-3-7(10)6(9)4-5/h4-6,8,14H,2-3,7H2,1H3;2-4H,10H2,1H3. The Kier molecular flexibility index (Phi) is 7.96. The molecule has 0 spiro atoms. The van der Waals surface area contributed by atoms with Gasteiger partial charge in [0, 0.05) is 6.54 Å². The van der Waals surface area contributed by atoms with Crippen molar-refractivity contribution in [3.8, 4) is 0 Å². The first-order chi connectivity index (χ1) is 13.3. The number of rotatable bonds is 5. The molecule has 2 aromatic rings. The number of nitrogen functional groups attached to an aromatic ring is 1. The molecule has 6 nitrogen and oxygen atoms in total. The van der Waals surface area contributed by atoms with Gasteiger partial charge in [0.15, 0.2) is 0 Å². The highest BCUT2D eigenvalue weighted by Gasteiger charge is 2.21. The van der Waals surface area contributed by atoms with Gasteiger partial charge in [-0.05, 0) is 55.2 Å². The van der Waals surface area contributed by atoms with Crippen LogP contribution < -0.4 is 11.1 Å². The molecular weight excluding hydrogens is 403 g/mol. The van der Waals surface area contributed by atoms with Gasteiger partial charge in [-0.15, -0.1) is 0 Å². The molecular formula is C20H22Cl2N2O4. The van der Waals surface area contributed by atoms with E-state index in [1.165, 1.54) is 33.1 Å². The molecule has 0 radical (unpaired) electrons. The number of hydrogen-bond donors (Lipinski definition) is 2. The Balaban J connectivity index is 0.000000209. The fourth-order valence-electron chi connectivity index (χ4n) is 2.25. The van der Waals surface area contributed by atoms with E-state index in [1.807, 2.05) is 6.07 Å². The number of carbonyl (C=O) groups excluding carboxylic acids is 2. The predicted octanol–water partition coefficient (Wildman–Crippen LogP) is 4.66. The summed E-state index contributed by atoms with van der Waals surface area (Å²) < 4.78 is 9.11. The molecule has 150 valence electrons. The van der Waals surface area contributed by atoms with Crippen LogP contribution >= 0.6 is 23.2 Å². The average Bonchev–Trinajstić information content (AvgIpc) is 3.52. The van der Waals surface area contributed by atoms with Gasteiger partial charge in [0.05, 0.1) is 46.8 Å². The van der Waals surface area contributed by atoms with Gasteiger partial charge in [-0.1, -0.05) is 23.2 Å². The predicted molar refractivity (Wildman–Crippen MR) is 111 cm³/mol. The number of ether oxygens (including phenoxy) is 2. The molecule has 8 heteroatoms. The average molecular weight is 425 g/mol. The zero-order valence-corrected chi connectivity index (χ0v) is 17.1. The van der Waals surface area contributed by atoms with Crippen LogP contribution in [0, 0.1) is 5.92 Å². The van der Waals surface area contributed by atoms with Crippen LogP contribution in [0.4, 0.5) is 11.4 Å². The van der Waals surface area contributed by atoms with Crippen LogP contribution in [0.15, 0.2) is 36.4 Å². The normalized spacial score (nSPS) is 12.4. The number of carbonyl (C=O) groups is 2. The molecule has 3 N–H and O–H groups in total. The molecule has 0 heterocycles. The summed E-state index contributed by atoms with van der Waals surface area (Å²) in [7, 11) is 2.67. The zero-order chi connectivity index (χ0) is 20.7. The molecule has 3 rings (SSSR count). The Morgan fingerprint density at radius 2 is 1.54 bits per heavy atom. The van der Waals surface area contributed by atoms with Crippen molar-refractivity contribution >= 4 is 46.5 Å². The van der Waals surface area contributed by atoms with Crippen molar-refractivity contribution in [1.82, 2.24) is 0 Å². The van der Waals surface area contributed by atoms with Gasteiger partial charge in [-0.3, -0.25) is 0 Å². The highest BCUT2D eigenvalue weighted by Crippen LogP contribution is 2.30. The van der Waals surface area contributed by atoms with Crippen LogP contribution in [0.3, 0.4) is 0 Å². The smallest absolute Gasteiger partial charge is 0.337 e. The van der Waals surface area contributed by atoms with E-state index in [0.29, 0.717) is 26.9 Å². The molecule has 1 saturated carbocycles. The second kappa shape index (κ2) is 10.2. The zero-order valence-electron chi connectivity index (χ0n) is 15.6. The van der Waals surface area contributed by atoms with Crippen molar-refractivity contribution in [2.75, 3.05) is 31.8 Å². The van der Waals surface area contributed by atoms with Gasteiger partial charge in [-0.25, -0.2) is 9.59 Å². The van der Waals surface area contributed by atoms with Gasteiger partial charge in [-0.2, -0.15) is 0 Å². The van der Waals surface area contributed by atoms with Crippen molar-refractivity contribution in [1.29, 1.82) is 0 Å². The number of hydrogen-bond acceptors (Lipinski definition) is 6. The van der Waals surface area contributed by atoms with E-state index in [0.717, 1.165) is 18.2 Å². The second-order valence-electron chi connectivity index (χ2n) is 6.24. The largest absolute Gasteiger partial charge is 0.465 e. The fourth-order valence-corrected chi connectivity index (χ4v) is 2.68. The van der Waals surface area contributed by atoms with E-state index in [2.05, 4.69) is 14.8 Å². The SMILES string of the molecule is COC(=O)c1ccc(N)c(Cl)c1.COC(=O)c1ccc(NCC2CC2)c(Cl)c1. The lowest BCUT2D eigenvalue weighted by Gasteiger charge is -2.08. The van der Waals surface area contributed by atoms with E-state index in [1.54, 1.807) is 24.3 Å². The first kappa shape index (κ1) is 21.9. The summed E-state index contributed by atoms with van der Waals surface area (Å²) in [5.74, 6) is 0.00360. The molecule has 2 aromatic carbocycles. The van der Waals surface area contributed by atoms with Crippen LogP contribution in [-0.4, -0.2) is 32.7 Å². The monoisotopic (exact) mass is 424 g/mol. The summed E-state index contributed by atoms with van der Waals surface area (Å²) in [6.45, 7) is 0.956. The maximum Gasteiger partial charge on any atom is 0.337 e. The van der Waals surface area contributed by atoms with Crippen LogP contribution in [0.1, 0.15) is 33.6 Å². The Labute approximate surface area is 173 Å². The van der Waals surface area contributed by atoms with Gasteiger partial charge in [0.1, 0.15) is 0 Å². The van der Waals surface area contributed by atoms with Crippen molar-refractivity contribution < 1.29 is 19.1 Å². The van der Waals surface area contributed by atoms with Crippen molar-refractivity contribution in [2.45, 2.75) is 12.8 Å². The molecule has 28 heavy (non-hydrogen) atoms. The number of methoxy groups -OCH3 is 2. The van der Waals surface area contributed by atoms with E-state index >= 15 is 0 Å². The van der Waals surface area contributed by atoms with Gasteiger partial charge >= 0.3 is 11.9 Å². The van der Waals surface area contributed by atoms with E-state index in [4.69, 9.17) is 28.9 Å². The molecule has 0 unspecified atom stereocenters. The van der Waals surface area contributed by atoms with E-state index < -0.39 is 5.97 Å². The quantitative estimate of drug-likeness (QED) is 0.535. The first-order valence-electron chi connectivity index (χ1n) is 8.60. The number of esters is 2. The molecule has 0 bridgehead atoms. The molecule has 0 amide bonds. The van der Waals surface area contributed by atoms with E-state index in [-0.39, 0.29) is 5.97 Å². The topological polar surface area (TPSA) is 90.7 Å². The summed E-state index contributed by atoms with van der Waals surface area (Å²) in [6, 6.07) is 9.76. The van der Waals surface area contributed by atoms with Gasteiger partial charge < -0.3 is 20.5 Å². The Bertz CT molecular complexity index is 854. The van der Waals surface area contributed by atoms with Crippen LogP contribution in [-0.2, 0) is 9.47 Å². The molecule has 0 atom stereocenters. The van der Waals surface area contributed by atoms with Crippen molar-refractivity contribution in [3.05, 3.63) is 57.6 Å². The lowest BCUT2D eigenvalue weighted by Crippen LogP contribution is -2.05. The number of halogens is 2. The lowest BCUT2D eigenvalue weighted by atomic mass is 10.2.